The maximum absolute atomic E-state index is 7.46. The zero-order valence-electron chi connectivity index (χ0n) is 11.8. The average Bonchev–Trinajstić information content (AvgIpc) is 2.08. The lowest BCUT2D eigenvalue weighted by atomic mass is 9.95. The predicted molar refractivity (Wildman–Crippen MR) is 71.4 cm³/mol. The molecule has 1 aliphatic rings. The molecular weight excluding hydrogens is 214 g/mol. The summed E-state index contributed by atoms with van der Waals surface area (Å²) < 4.78 is 6.06. The zero-order chi connectivity index (χ0) is 13.3. The number of rotatable bonds is 4. The number of hydrogen-bond acceptors (Lipinski definition) is 3. The maximum Gasteiger partial charge on any atom is 0.0921 e. The van der Waals surface area contributed by atoms with Crippen molar-refractivity contribution < 1.29 is 4.74 Å². The van der Waals surface area contributed by atoms with Gasteiger partial charge in [-0.25, -0.2) is 0 Å². The molecule has 1 fully saturated rings. The summed E-state index contributed by atoms with van der Waals surface area (Å²) in [4.78, 5) is 2.42. The van der Waals surface area contributed by atoms with E-state index < -0.39 is 0 Å². The fourth-order valence-corrected chi connectivity index (χ4v) is 2.89. The summed E-state index contributed by atoms with van der Waals surface area (Å²) in [5.41, 5.74) is 5.27. The zero-order valence-corrected chi connectivity index (χ0v) is 11.8. The van der Waals surface area contributed by atoms with Crippen molar-refractivity contribution in [3.63, 3.8) is 0 Å². The van der Waals surface area contributed by atoms with Crippen LogP contribution in [0.2, 0.25) is 0 Å². The van der Waals surface area contributed by atoms with Crippen LogP contribution >= 0.6 is 0 Å². The fourth-order valence-electron chi connectivity index (χ4n) is 2.89. The van der Waals surface area contributed by atoms with Crippen LogP contribution in [0.4, 0.5) is 0 Å². The van der Waals surface area contributed by atoms with Crippen LogP contribution in [-0.4, -0.2) is 41.1 Å². The van der Waals surface area contributed by atoms with Gasteiger partial charge in [-0.3, -0.25) is 10.3 Å². The third-order valence-corrected chi connectivity index (χ3v) is 3.16. The molecule has 0 aromatic rings. The Kier molecular flexibility index (Phi) is 4.20. The number of hydrogen-bond donors (Lipinski definition) is 2. The molecule has 1 saturated heterocycles. The molecule has 100 valence electrons. The molecule has 3 N–H and O–H groups in total. The predicted octanol–water partition coefficient (Wildman–Crippen LogP) is 1.98. The molecule has 4 nitrogen and oxygen atoms in total. The van der Waals surface area contributed by atoms with Crippen molar-refractivity contribution in [3.05, 3.63) is 0 Å². The van der Waals surface area contributed by atoms with E-state index in [0.29, 0.717) is 12.5 Å². The Labute approximate surface area is 105 Å². The van der Waals surface area contributed by atoms with Gasteiger partial charge in [-0.1, -0.05) is 6.92 Å². The first-order valence-electron chi connectivity index (χ1n) is 6.42. The van der Waals surface area contributed by atoms with Crippen LogP contribution in [0.25, 0.3) is 0 Å². The van der Waals surface area contributed by atoms with Crippen LogP contribution in [0.1, 0.15) is 47.5 Å². The highest BCUT2D eigenvalue weighted by Crippen LogP contribution is 2.30. The molecule has 0 bridgehead atoms. The van der Waals surface area contributed by atoms with Crippen molar-refractivity contribution in [1.29, 1.82) is 5.41 Å². The Morgan fingerprint density at radius 2 is 1.76 bits per heavy atom. The molecule has 0 aromatic carbocycles. The molecule has 1 aliphatic heterocycles. The van der Waals surface area contributed by atoms with Gasteiger partial charge in [0.05, 0.1) is 17.0 Å². The van der Waals surface area contributed by atoms with E-state index in [0.717, 1.165) is 19.5 Å². The lowest BCUT2D eigenvalue weighted by molar-refractivity contribution is -0.187. The molecular formula is C13H27N3O. The van der Waals surface area contributed by atoms with Crippen LogP contribution in [0, 0.1) is 5.41 Å². The maximum atomic E-state index is 7.46. The second-order valence-corrected chi connectivity index (χ2v) is 6.32. The Morgan fingerprint density at radius 3 is 2.12 bits per heavy atom. The third-order valence-electron chi connectivity index (χ3n) is 3.16. The highest BCUT2D eigenvalue weighted by atomic mass is 16.5. The Balaban J connectivity index is 2.77. The molecule has 0 radical (unpaired) electrons. The largest absolute Gasteiger partial charge is 0.388 e. The van der Waals surface area contributed by atoms with E-state index in [9.17, 15) is 0 Å². The summed E-state index contributed by atoms with van der Waals surface area (Å²) in [5, 5.41) is 7.46. The number of nitrogens with one attached hydrogen (secondary N) is 1. The van der Waals surface area contributed by atoms with Gasteiger partial charge in [0, 0.05) is 25.6 Å². The molecule has 4 heteroatoms. The topological polar surface area (TPSA) is 62.3 Å². The van der Waals surface area contributed by atoms with Gasteiger partial charge < -0.3 is 10.5 Å². The van der Waals surface area contributed by atoms with Crippen molar-refractivity contribution in [2.24, 2.45) is 5.73 Å². The van der Waals surface area contributed by atoms with E-state index in [-0.39, 0.29) is 17.0 Å². The molecule has 0 aliphatic carbocycles. The van der Waals surface area contributed by atoms with Gasteiger partial charge in [0.2, 0.25) is 0 Å². The Hall–Kier alpha value is -0.610. The van der Waals surface area contributed by atoms with Gasteiger partial charge in [0.25, 0.3) is 0 Å². The smallest absolute Gasteiger partial charge is 0.0921 e. The molecule has 0 aromatic heterocycles. The van der Waals surface area contributed by atoms with E-state index in [1.165, 1.54) is 0 Å². The van der Waals surface area contributed by atoms with Crippen molar-refractivity contribution in [3.8, 4) is 0 Å². The van der Waals surface area contributed by atoms with Crippen molar-refractivity contribution in [2.75, 3.05) is 13.1 Å². The Morgan fingerprint density at radius 1 is 1.29 bits per heavy atom. The molecule has 0 spiro atoms. The number of nitrogens with two attached hydrogens (primary N) is 1. The number of ether oxygens (including phenoxy) is 1. The standard InChI is InChI=1S/C13H27N3O/c1-6-10(7-11(14)15)16-8-12(2,3)17-13(4,5)9-16/h10H,6-9H2,1-5H3,(H3,14,15). The molecule has 17 heavy (non-hydrogen) atoms. The van der Waals surface area contributed by atoms with E-state index in [2.05, 4.69) is 39.5 Å². The molecule has 1 atom stereocenters. The molecule has 1 heterocycles. The van der Waals surface area contributed by atoms with E-state index in [4.69, 9.17) is 15.9 Å². The molecule has 1 rings (SSSR count). The average molecular weight is 241 g/mol. The first-order valence-corrected chi connectivity index (χ1v) is 6.42. The summed E-state index contributed by atoms with van der Waals surface area (Å²) >= 11 is 0. The van der Waals surface area contributed by atoms with Crippen molar-refractivity contribution in [1.82, 2.24) is 4.90 Å². The molecule has 0 amide bonds. The first kappa shape index (κ1) is 14.5. The first-order chi connectivity index (χ1) is 7.65. The fraction of sp³-hybridized carbons (Fsp3) is 0.923. The highest BCUT2D eigenvalue weighted by molar-refractivity contribution is 5.77. The van der Waals surface area contributed by atoms with E-state index in [1.54, 1.807) is 0 Å². The minimum absolute atomic E-state index is 0.133. The van der Waals surface area contributed by atoms with Crippen molar-refractivity contribution in [2.45, 2.75) is 64.7 Å². The van der Waals surface area contributed by atoms with Gasteiger partial charge in [-0.05, 0) is 34.1 Å². The van der Waals surface area contributed by atoms with Gasteiger partial charge in [0.1, 0.15) is 0 Å². The highest BCUT2D eigenvalue weighted by Gasteiger charge is 2.40. The Bertz CT molecular complexity index is 270. The molecule has 1 unspecified atom stereocenters. The van der Waals surface area contributed by atoms with Crippen molar-refractivity contribution >= 4 is 5.84 Å². The van der Waals surface area contributed by atoms with Crippen LogP contribution in [0.3, 0.4) is 0 Å². The van der Waals surface area contributed by atoms with Crippen LogP contribution in [-0.2, 0) is 4.74 Å². The normalized spacial score (nSPS) is 25.5. The second kappa shape index (κ2) is 4.94. The van der Waals surface area contributed by atoms with Gasteiger partial charge >= 0.3 is 0 Å². The number of amidine groups is 1. The van der Waals surface area contributed by atoms with Gasteiger partial charge in [0.15, 0.2) is 0 Å². The van der Waals surface area contributed by atoms with Gasteiger partial charge in [-0.2, -0.15) is 0 Å². The lowest BCUT2D eigenvalue weighted by Gasteiger charge is -2.49. The van der Waals surface area contributed by atoms with Crippen LogP contribution in [0.5, 0.6) is 0 Å². The summed E-state index contributed by atoms with van der Waals surface area (Å²) in [6.07, 6.45) is 1.68. The van der Waals surface area contributed by atoms with E-state index in [1.807, 2.05) is 0 Å². The quantitative estimate of drug-likeness (QED) is 0.584. The SMILES string of the molecule is CCC(CC(=N)N)N1CC(C)(C)OC(C)(C)C1. The second-order valence-electron chi connectivity index (χ2n) is 6.32. The van der Waals surface area contributed by atoms with Crippen LogP contribution < -0.4 is 5.73 Å². The third kappa shape index (κ3) is 4.28. The lowest BCUT2D eigenvalue weighted by Crippen LogP contribution is -2.60. The molecule has 0 saturated carbocycles. The van der Waals surface area contributed by atoms with Crippen LogP contribution in [0.15, 0.2) is 0 Å². The number of nitrogens with zero attached hydrogens (tertiary/aromatic N) is 1. The summed E-state index contributed by atoms with van der Waals surface area (Å²) in [5.74, 6) is 0.277. The summed E-state index contributed by atoms with van der Waals surface area (Å²) in [6.45, 7) is 12.5. The van der Waals surface area contributed by atoms with E-state index >= 15 is 0 Å². The summed E-state index contributed by atoms with van der Waals surface area (Å²) in [6, 6.07) is 0.356. The summed E-state index contributed by atoms with van der Waals surface area (Å²) in [7, 11) is 0. The minimum Gasteiger partial charge on any atom is -0.388 e. The van der Waals surface area contributed by atoms with Gasteiger partial charge in [-0.15, -0.1) is 0 Å². The number of morpholine rings is 1. The minimum atomic E-state index is -0.133. The monoisotopic (exact) mass is 241 g/mol.